The molecule has 1 rings (SSSR count). The first-order chi connectivity index (χ1) is 3.00. The normalized spacial score (nSPS) is 16.0. The van der Waals surface area contributed by atoms with Crippen LogP contribution >= 0.6 is 0 Å². The summed E-state index contributed by atoms with van der Waals surface area (Å²) in [6.45, 7) is 0. The molecule has 0 aromatic rings. The maximum absolute atomic E-state index is 4.22. The number of hydrogen-bond donors (Lipinski definition) is 0. The zero-order valence-corrected chi connectivity index (χ0v) is 2.87. The lowest BCUT2D eigenvalue weighted by Crippen LogP contribution is -1.88. The Morgan fingerprint density at radius 2 is 1.50 bits per heavy atom. The van der Waals surface area contributed by atoms with Gasteiger partial charge in [0.25, 0.3) is 0 Å². The summed E-state index contributed by atoms with van der Waals surface area (Å²) >= 11 is 0. The third kappa shape index (κ3) is 0.453. The Labute approximate surface area is 34.0 Å². The van der Waals surface area contributed by atoms with E-state index >= 15 is 0 Å². The van der Waals surface area contributed by atoms with Crippen molar-refractivity contribution in [3.8, 4) is 0 Å². The molecule has 0 bridgehead atoms. The molecule has 0 fully saturated rings. The molecule has 6 heavy (non-hydrogen) atoms. The molecule has 0 atom stereocenters. The van der Waals surface area contributed by atoms with Crippen LogP contribution < -0.4 is 0 Å². The third-order valence-corrected chi connectivity index (χ3v) is 0.302. The van der Waals surface area contributed by atoms with Crippen LogP contribution in [0.25, 0.3) is 0 Å². The zero-order chi connectivity index (χ0) is 4.24. The molecule has 0 amide bonds. The van der Waals surface area contributed by atoms with E-state index in [0.717, 1.165) is 12.8 Å². The predicted octanol–water partition coefficient (Wildman–Crippen LogP) is -0.0802. The van der Waals surface area contributed by atoms with E-state index < -0.39 is 0 Å². The number of rotatable bonds is 0. The van der Waals surface area contributed by atoms with Gasteiger partial charge in [-0.25, -0.2) is 0 Å². The van der Waals surface area contributed by atoms with Gasteiger partial charge in [0.1, 0.15) is 0 Å². The van der Waals surface area contributed by atoms with Gasteiger partial charge in [0.15, 0.2) is 0 Å². The number of nitrogens with zero attached hydrogens (tertiary/aromatic N) is 2. The molecule has 0 aromatic heterocycles. The summed E-state index contributed by atoms with van der Waals surface area (Å²) in [7, 11) is 0. The van der Waals surface area contributed by atoms with Crippen LogP contribution in [0.5, 0.6) is 0 Å². The van der Waals surface area contributed by atoms with Crippen LogP contribution in [0, 0.1) is 0 Å². The van der Waals surface area contributed by atoms with E-state index in [4.69, 9.17) is 0 Å². The van der Waals surface area contributed by atoms with Gasteiger partial charge in [0.2, 0.25) is 12.8 Å². The largest absolute Gasteiger partial charge is 0.338 e. The van der Waals surface area contributed by atoms with Gasteiger partial charge in [-0.3, -0.25) is 0 Å². The van der Waals surface area contributed by atoms with E-state index in [1.807, 2.05) is 0 Å². The first-order valence-electron chi connectivity index (χ1n) is 1.35. The quantitative estimate of drug-likeness (QED) is 0.413. The van der Waals surface area contributed by atoms with Gasteiger partial charge in [0, 0.05) is 0 Å². The molecule has 0 saturated carbocycles. The van der Waals surface area contributed by atoms with E-state index in [0.29, 0.717) is 0 Å². The molecule has 0 N–H and O–H groups in total. The minimum Gasteiger partial charge on any atom is -0.338 e. The van der Waals surface area contributed by atoms with Crippen molar-refractivity contribution >= 4 is 12.8 Å². The summed E-state index contributed by atoms with van der Waals surface area (Å²) in [5, 5.41) is 6.36. The van der Waals surface area contributed by atoms with Gasteiger partial charge < -0.3 is 9.68 Å². The fourth-order valence-corrected chi connectivity index (χ4v) is 0.143. The Morgan fingerprint density at radius 3 is 1.67 bits per heavy atom. The predicted molar refractivity (Wildman–Crippen MR) is 19.2 cm³/mol. The van der Waals surface area contributed by atoms with Crippen LogP contribution in [0.15, 0.2) is 10.3 Å². The smallest absolute Gasteiger partial charge is 0.249 e. The van der Waals surface area contributed by atoms with Crippen LogP contribution in [0.3, 0.4) is 0 Å². The van der Waals surface area contributed by atoms with Gasteiger partial charge in [-0.05, 0) is 10.3 Å². The maximum Gasteiger partial charge on any atom is 0.249 e. The van der Waals surface area contributed by atoms with Crippen LogP contribution in [0.1, 0.15) is 0 Å². The monoisotopic (exact) mass is 86.0 g/mol. The second-order valence-corrected chi connectivity index (χ2v) is 0.632. The van der Waals surface area contributed by atoms with E-state index in [-0.39, 0.29) is 0 Å². The first kappa shape index (κ1) is 3.14. The Hall–Kier alpha value is -1.06. The Balaban J connectivity index is 2.40. The molecule has 0 saturated heterocycles. The van der Waals surface area contributed by atoms with Crippen molar-refractivity contribution in [3.05, 3.63) is 0 Å². The topological polar surface area (TPSA) is 43.2 Å². The molecule has 4 nitrogen and oxygen atoms in total. The van der Waals surface area contributed by atoms with Crippen molar-refractivity contribution in [3.63, 3.8) is 0 Å². The van der Waals surface area contributed by atoms with E-state index in [1.165, 1.54) is 0 Å². The molecular weight excluding hydrogens is 84.0 g/mol. The fourth-order valence-electron chi connectivity index (χ4n) is 0.143. The highest BCUT2D eigenvalue weighted by molar-refractivity contribution is 5.54. The van der Waals surface area contributed by atoms with E-state index in [9.17, 15) is 0 Å². The number of oxime groups is 2. The molecular formula is C2H2N2O2. The molecule has 4 heteroatoms. The van der Waals surface area contributed by atoms with E-state index in [2.05, 4.69) is 20.0 Å². The minimum atomic E-state index is 1.10. The van der Waals surface area contributed by atoms with Gasteiger partial charge >= 0.3 is 0 Å². The molecule has 1 heterocycles. The van der Waals surface area contributed by atoms with Crippen molar-refractivity contribution in [2.45, 2.75) is 0 Å². The molecule has 0 radical (unpaired) electrons. The standard InChI is InChI=1S/C2H2N2O2/c1-3-6-2-4-5-1/h1-2H. The number of hydrogen-bond acceptors (Lipinski definition) is 4. The van der Waals surface area contributed by atoms with Gasteiger partial charge in [-0.15, -0.1) is 0 Å². The van der Waals surface area contributed by atoms with Gasteiger partial charge in [0.05, 0.1) is 0 Å². The lowest BCUT2D eigenvalue weighted by atomic mass is 11.4. The Bertz CT molecular complexity index is 67.5. The summed E-state index contributed by atoms with van der Waals surface area (Å²) in [5.74, 6) is 0. The van der Waals surface area contributed by atoms with Crippen LogP contribution in [0.2, 0.25) is 0 Å². The highest BCUT2D eigenvalue weighted by Crippen LogP contribution is 1.77. The maximum atomic E-state index is 4.22. The molecule has 0 aliphatic carbocycles. The second kappa shape index (κ2) is 1.40. The Morgan fingerprint density at radius 1 is 1.00 bits per heavy atom. The fraction of sp³-hybridized carbons (Fsp3) is 0. The molecule has 1 aliphatic rings. The summed E-state index contributed by atoms with van der Waals surface area (Å²) in [6, 6.07) is 0. The van der Waals surface area contributed by atoms with Gasteiger partial charge in [-0.1, -0.05) is 0 Å². The minimum absolute atomic E-state index is 1.10. The summed E-state index contributed by atoms with van der Waals surface area (Å²) in [4.78, 5) is 8.44. The van der Waals surface area contributed by atoms with Crippen molar-refractivity contribution < 1.29 is 9.68 Å². The second-order valence-electron chi connectivity index (χ2n) is 0.632. The lowest BCUT2D eigenvalue weighted by molar-refractivity contribution is 0.242. The van der Waals surface area contributed by atoms with Crippen molar-refractivity contribution in [1.29, 1.82) is 0 Å². The van der Waals surface area contributed by atoms with Crippen molar-refractivity contribution in [2.24, 2.45) is 10.3 Å². The molecule has 0 aromatic carbocycles. The molecule has 0 spiro atoms. The average Bonchev–Trinajstić information content (AvgIpc) is 1.72. The van der Waals surface area contributed by atoms with Crippen LogP contribution in [-0.2, 0) is 9.68 Å². The van der Waals surface area contributed by atoms with Crippen LogP contribution in [-0.4, -0.2) is 12.8 Å². The molecule has 0 unspecified atom stereocenters. The summed E-state index contributed by atoms with van der Waals surface area (Å²) < 4.78 is 0. The average molecular weight is 86.0 g/mol. The van der Waals surface area contributed by atoms with Gasteiger partial charge in [-0.2, -0.15) is 0 Å². The summed E-state index contributed by atoms with van der Waals surface area (Å²) in [6.07, 6.45) is 2.19. The highest BCUT2D eigenvalue weighted by Gasteiger charge is 1.77. The van der Waals surface area contributed by atoms with Crippen LogP contribution in [0.4, 0.5) is 0 Å². The Kier molecular flexibility index (Phi) is 0.731. The van der Waals surface area contributed by atoms with E-state index in [1.54, 1.807) is 0 Å². The molecule has 1 aliphatic heterocycles. The van der Waals surface area contributed by atoms with Crippen molar-refractivity contribution in [2.75, 3.05) is 0 Å². The SMILES string of the molecule is C1=NOC=NO1. The highest BCUT2D eigenvalue weighted by atomic mass is 16.7. The summed E-state index contributed by atoms with van der Waals surface area (Å²) in [5.41, 5.74) is 0. The molecule has 32 valence electrons. The first-order valence-corrected chi connectivity index (χ1v) is 1.35. The zero-order valence-electron chi connectivity index (χ0n) is 2.87. The third-order valence-electron chi connectivity index (χ3n) is 0.302. The van der Waals surface area contributed by atoms with Crippen molar-refractivity contribution in [1.82, 2.24) is 0 Å². The lowest BCUT2D eigenvalue weighted by Gasteiger charge is -1.90.